The number of methoxy groups -OCH3 is 1. The first kappa shape index (κ1) is 23.2. The van der Waals surface area contributed by atoms with E-state index in [1.54, 1.807) is 19.2 Å². The summed E-state index contributed by atoms with van der Waals surface area (Å²) in [6, 6.07) is 9.13. The SMILES string of the molecule is CCN1C[C@]2(C)CC[C@H](OC)[C@@]34C5C[C@@H]6CC[C@@](O)(C5C(=O)O6)[C@H]([C@@H](OC(=O)c5ccccc5)[C@H]23)[C@@H]14. The molecule has 0 amide bonds. The van der Waals surface area contributed by atoms with Gasteiger partial charge >= 0.3 is 11.9 Å². The van der Waals surface area contributed by atoms with E-state index in [1.165, 1.54) is 0 Å². The second-order valence-corrected chi connectivity index (χ2v) is 12.6. The van der Waals surface area contributed by atoms with Crippen LogP contribution in [-0.2, 0) is 19.0 Å². The molecule has 4 aliphatic carbocycles. The number of hydrogen-bond acceptors (Lipinski definition) is 7. The van der Waals surface area contributed by atoms with Gasteiger partial charge in [-0.3, -0.25) is 9.69 Å². The summed E-state index contributed by atoms with van der Waals surface area (Å²) in [7, 11) is 1.79. The number of piperidine rings is 1. The van der Waals surface area contributed by atoms with E-state index in [9.17, 15) is 14.7 Å². The van der Waals surface area contributed by atoms with E-state index >= 15 is 0 Å². The van der Waals surface area contributed by atoms with Crippen LogP contribution in [0.25, 0.3) is 0 Å². The van der Waals surface area contributed by atoms with Crippen LogP contribution in [0.15, 0.2) is 30.3 Å². The Kier molecular flexibility index (Phi) is 4.86. The van der Waals surface area contributed by atoms with Crippen molar-refractivity contribution in [1.82, 2.24) is 4.90 Å². The van der Waals surface area contributed by atoms with Crippen LogP contribution in [0.5, 0.6) is 0 Å². The second kappa shape index (κ2) is 7.55. The maximum absolute atomic E-state index is 13.5. The molecule has 2 unspecified atom stereocenters. The van der Waals surface area contributed by atoms with E-state index < -0.39 is 17.6 Å². The lowest BCUT2D eigenvalue weighted by atomic mass is 9.42. The molecule has 8 rings (SSSR count). The lowest BCUT2D eigenvalue weighted by Gasteiger charge is -2.69. The van der Waals surface area contributed by atoms with E-state index in [4.69, 9.17) is 14.2 Å². The summed E-state index contributed by atoms with van der Waals surface area (Å²) >= 11 is 0. The lowest BCUT2D eigenvalue weighted by molar-refractivity contribution is -0.269. The number of ether oxygens (including phenoxy) is 3. The fourth-order valence-electron chi connectivity index (χ4n) is 10.5. The number of hydrogen-bond donors (Lipinski definition) is 1. The van der Waals surface area contributed by atoms with Crippen LogP contribution in [0, 0.1) is 34.5 Å². The standard InChI is InChI=1S/C29H37NO6/c1-4-30-15-27(2)12-11-19(34-3)29-18-14-17-10-13-28(33,20(18)26(32)35-17)21(24(29)30)22(23(27)29)36-25(31)16-8-6-5-7-9-16/h5-9,17-24,33H,4,10-15H2,1-3H3/t17-,18?,19-,20?,21+,22+,23+,24+,27-,28+,29-/m0/s1. The molecule has 1 N–H and O–H groups in total. The third-order valence-electron chi connectivity index (χ3n) is 11.3. The minimum absolute atomic E-state index is 0.00435. The Morgan fingerprint density at radius 3 is 2.72 bits per heavy atom. The van der Waals surface area contributed by atoms with Crippen molar-refractivity contribution < 1.29 is 28.9 Å². The number of nitrogens with zero attached hydrogens (tertiary/aromatic N) is 1. The molecule has 3 heterocycles. The van der Waals surface area contributed by atoms with Gasteiger partial charge in [0.05, 0.1) is 23.2 Å². The predicted octanol–water partition coefficient (Wildman–Crippen LogP) is 3.05. The Bertz CT molecular complexity index is 1090. The van der Waals surface area contributed by atoms with Crippen molar-refractivity contribution in [2.75, 3.05) is 20.2 Å². The molecule has 4 saturated carbocycles. The molecule has 11 atom stereocenters. The normalized spacial score (nSPS) is 50.4. The molecule has 3 saturated heterocycles. The molecule has 9 bridgehead atoms. The highest BCUT2D eigenvalue weighted by Gasteiger charge is 2.85. The molecule has 1 aromatic rings. The number of carbonyl (C=O) groups excluding carboxylic acids is 2. The van der Waals surface area contributed by atoms with Gasteiger partial charge in [-0.15, -0.1) is 0 Å². The van der Waals surface area contributed by atoms with Gasteiger partial charge in [0.2, 0.25) is 0 Å². The molecule has 1 spiro atoms. The van der Waals surface area contributed by atoms with Crippen LogP contribution in [0.4, 0.5) is 0 Å². The second-order valence-electron chi connectivity index (χ2n) is 12.6. The van der Waals surface area contributed by atoms with Crippen molar-refractivity contribution in [3.63, 3.8) is 0 Å². The van der Waals surface area contributed by atoms with Gasteiger partial charge in [0.1, 0.15) is 12.2 Å². The average Bonchev–Trinajstić information content (AvgIpc) is 2.92. The quantitative estimate of drug-likeness (QED) is 0.643. The Balaban J connectivity index is 1.46. The van der Waals surface area contributed by atoms with Crippen LogP contribution in [0.2, 0.25) is 0 Å². The number of likely N-dealkylation sites (tertiary alicyclic amines) is 1. The summed E-state index contributed by atoms with van der Waals surface area (Å²) in [5.41, 5.74) is -1.23. The van der Waals surface area contributed by atoms with Crippen molar-refractivity contribution in [1.29, 1.82) is 0 Å². The Morgan fingerprint density at radius 1 is 1.22 bits per heavy atom. The molecule has 7 aliphatic rings. The van der Waals surface area contributed by atoms with Gasteiger partial charge in [0.25, 0.3) is 0 Å². The zero-order valence-corrected chi connectivity index (χ0v) is 21.4. The van der Waals surface area contributed by atoms with Crippen LogP contribution in [0.3, 0.4) is 0 Å². The minimum atomic E-state index is -1.27. The molecule has 7 nitrogen and oxygen atoms in total. The zero-order chi connectivity index (χ0) is 25.0. The summed E-state index contributed by atoms with van der Waals surface area (Å²) in [6.07, 6.45) is 3.10. The molecule has 3 aliphatic heterocycles. The molecule has 1 aromatic carbocycles. The predicted molar refractivity (Wildman–Crippen MR) is 130 cm³/mol. The van der Waals surface area contributed by atoms with E-state index in [0.29, 0.717) is 18.4 Å². The smallest absolute Gasteiger partial charge is 0.338 e. The number of fused-ring (bicyclic) bond motifs is 2. The third kappa shape index (κ3) is 2.60. The zero-order valence-electron chi connectivity index (χ0n) is 21.4. The van der Waals surface area contributed by atoms with Gasteiger partial charge in [-0.05, 0) is 62.1 Å². The summed E-state index contributed by atoms with van der Waals surface area (Å²) in [5, 5.41) is 12.6. The lowest BCUT2D eigenvalue weighted by Crippen LogP contribution is -2.76. The summed E-state index contributed by atoms with van der Waals surface area (Å²) < 4.78 is 18.7. The molecular weight excluding hydrogens is 458 g/mol. The highest BCUT2D eigenvalue weighted by molar-refractivity contribution is 5.89. The molecule has 36 heavy (non-hydrogen) atoms. The third-order valence-corrected chi connectivity index (χ3v) is 11.3. The molecule has 194 valence electrons. The fraction of sp³-hybridized carbons (Fsp3) is 0.724. The van der Waals surface area contributed by atoms with Gasteiger partial charge in [0, 0.05) is 36.9 Å². The highest BCUT2D eigenvalue weighted by atomic mass is 16.6. The first-order chi connectivity index (χ1) is 17.3. The van der Waals surface area contributed by atoms with E-state index in [0.717, 1.165) is 32.4 Å². The van der Waals surface area contributed by atoms with Gasteiger partial charge in [-0.2, -0.15) is 0 Å². The average molecular weight is 496 g/mol. The van der Waals surface area contributed by atoms with Gasteiger partial charge in [-0.25, -0.2) is 4.79 Å². The first-order valence-electron chi connectivity index (χ1n) is 13.8. The minimum Gasteiger partial charge on any atom is -0.462 e. The van der Waals surface area contributed by atoms with Gasteiger partial charge in [0.15, 0.2) is 0 Å². The maximum Gasteiger partial charge on any atom is 0.338 e. The monoisotopic (exact) mass is 495 g/mol. The van der Waals surface area contributed by atoms with Crippen molar-refractivity contribution in [3.8, 4) is 0 Å². The fourth-order valence-corrected chi connectivity index (χ4v) is 10.5. The van der Waals surface area contributed by atoms with Gasteiger partial charge < -0.3 is 19.3 Å². The Hall–Kier alpha value is -1.96. The van der Waals surface area contributed by atoms with Crippen molar-refractivity contribution in [2.45, 2.75) is 75.9 Å². The molecule has 0 radical (unpaired) electrons. The molecule has 0 aromatic heterocycles. The molecular formula is C29H37NO6. The highest BCUT2D eigenvalue weighted by Crippen LogP contribution is 2.77. The largest absolute Gasteiger partial charge is 0.462 e. The Morgan fingerprint density at radius 2 is 2.00 bits per heavy atom. The summed E-state index contributed by atoms with van der Waals surface area (Å²) in [5.74, 6) is -1.62. The van der Waals surface area contributed by atoms with Crippen molar-refractivity contribution in [3.05, 3.63) is 35.9 Å². The van der Waals surface area contributed by atoms with Crippen LogP contribution in [0.1, 0.15) is 56.3 Å². The van der Waals surface area contributed by atoms with Gasteiger partial charge in [-0.1, -0.05) is 32.0 Å². The van der Waals surface area contributed by atoms with Crippen LogP contribution < -0.4 is 0 Å². The maximum atomic E-state index is 13.5. The summed E-state index contributed by atoms with van der Waals surface area (Å²) in [4.78, 5) is 29.6. The Labute approximate surface area is 212 Å². The van der Waals surface area contributed by atoms with Crippen molar-refractivity contribution >= 4 is 11.9 Å². The summed E-state index contributed by atoms with van der Waals surface area (Å²) in [6.45, 7) is 6.29. The number of esters is 2. The molecule has 7 fully saturated rings. The van der Waals surface area contributed by atoms with E-state index in [-0.39, 0.29) is 58.8 Å². The number of aliphatic hydroxyl groups is 1. The molecule has 7 heteroatoms. The van der Waals surface area contributed by atoms with E-state index in [1.807, 2.05) is 18.2 Å². The number of carbonyl (C=O) groups is 2. The number of rotatable bonds is 4. The van der Waals surface area contributed by atoms with E-state index in [2.05, 4.69) is 18.7 Å². The number of benzene rings is 1. The van der Waals surface area contributed by atoms with Crippen LogP contribution in [-0.4, -0.2) is 72.1 Å². The van der Waals surface area contributed by atoms with Crippen LogP contribution >= 0.6 is 0 Å². The van der Waals surface area contributed by atoms with Crippen molar-refractivity contribution in [2.24, 2.45) is 34.5 Å². The first-order valence-corrected chi connectivity index (χ1v) is 13.8. The topological polar surface area (TPSA) is 85.3 Å².